The summed E-state index contributed by atoms with van der Waals surface area (Å²) < 4.78 is 12.9. The molecule has 1 atom stereocenters. The molecule has 0 saturated heterocycles. The highest BCUT2D eigenvalue weighted by Crippen LogP contribution is 2.26. The summed E-state index contributed by atoms with van der Waals surface area (Å²) in [5.41, 5.74) is 0.927. The van der Waals surface area contributed by atoms with Crippen LogP contribution in [-0.4, -0.2) is 6.54 Å². The molecular weight excluding hydrogens is 225 g/mol. The molecule has 1 aromatic rings. The highest BCUT2D eigenvalue weighted by atomic mass is 35.5. The molecule has 0 aliphatic rings. The van der Waals surface area contributed by atoms with Crippen LogP contribution in [-0.2, 0) is 0 Å². The van der Waals surface area contributed by atoms with Gasteiger partial charge in [0.25, 0.3) is 0 Å². The first-order valence-corrected chi connectivity index (χ1v) is 5.86. The van der Waals surface area contributed by atoms with Crippen LogP contribution < -0.4 is 5.32 Å². The molecule has 1 N–H and O–H groups in total. The van der Waals surface area contributed by atoms with E-state index in [1.54, 1.807) is 6.07 Å². The summed E-state index contributed by atoms with van der Waals surface area (Å²) in [5.74, 6) is -0.304. The van der Waals surface area contributed by atoms with Gasteiger partial charge in [-0.1, -0.05) is 30.7 Å². The Hall–Kier alpha value is -0.860. The Morgan fingerprint density at radius 2 is 2.31 bits per heavy atom. The van der Waals surface area contributed by atoms with Crippen LogP contribution in [0.5, 0.6) is 0 Å². The van der Waals surface area contributed by atoms with Crippen molar-refractivity contribution in [2.45, 2.75) is 25.8 Å². The molecular formula is C13H17ClFN. The van der Waals surface area contributed by atoms with Gasteiger partial charge in [0.15, 0.2) is 0 Å². The molecule has 0 bridgehead atoms. The Balaban J connectivity index is 2.86. The van der Waals surface area contributed by atoms with Crippen molar-refractivity contribution < 1.29 is 4.39 Å². The lowest BCUT2D eigenvalue weighted by Crippen LogP contribution is -2.22. The van der Waals surface area contributed by atoms with Crippen molar-refractivity contribution in [3.8, 4) is 0 Å². The molecule has 1 nitrogen and oxygen atoms in total. The van der Waals surface area contributed by atoms with E-state index in [2.05, 4.69) is 18.8 Å². The van der Waals surface area contributed by atoms with Crippen molar-refractivity contribution in [3.05, 3.63) is 47.3 Å². The lowest BCUT2D eigenvalue weighted by molar-refractivity contribution is 0.535. The second kappa shape index (κ2) is 6.66. The van der Waals surface area contributed by atoms with Crippen molar-refractivity contribution in [1.29, 1.82) is 0 Å². The summed E-state index contributed by atoms with van der Waals surface area (Å²) in [6.07, 6.45) is 3.67. The first-order valence-electron chi connectivity index (χ1n) is 5.48. The van der Waals surface area contributed by atoms with Crippen LogP contribution in [0.2, 0.25) is 5.02 Å². The average molecular weight is 242 g/mol. The predicted molar refractivity (Wildman–Crippen MR) is 67.3 cm³/mol. The molecule has 0 aliphatic carbocycles. The van der Waals surface area contributed by atoms with Crippen molar-refractivity contribution in [2.24, 2.45) is 0 Å². The van der Waals surface area contributed by atoms with Gasteiger partial charge in [-0.3, -0.25) is 0 Å². The summed E-state index contributed by atoms with van der Waals surface area (Å²) >= 11 is 6.02. The van der Waals surface area contributed by atoms with E-state index >= 15 is 0 Å². The van der Waals surface area contributed by atoms with Crippen molar-refractivity contribution in [3.63, 3.8) is 0 Å². The molecule has 16 heavy (non-hydrogen) atoms. The van der Waals surface area contributed by atoms with E-state index in [0.717, 1.165) is 24.9 Å². The van der Waals surface area contributed by atoms with Gasteiger partial charge in [-0.2, -0.15) is 0 Å². The third-order valence-electron chi connectivity index (χ3n) is 2.38. The molecule has 0 saturated carbocycles. The Bertz CT molecular complexity index is 352. The lowest BCUT2D eigenvalue weighted by Gasteiger charge is -2.18. The topological polar surface area (TPSA) is 12.0 Å². The molecule has 1 aromatic carbocycles. The third kappa shape index (κ3) is 3.62. The second-order valence-corrected chi connectivity index (χ2v) is 4.10. The molecule has 0 spiro atoms. The molecule has 88 valence electrons. The summed E-state index contributed by atoms with van der Waals surface area (Å²) in [7, 11) is 0. The van der Waals surface area contributed by atoms with Gasteiger partial charge in [-0.05, 0) is 37.1 Å². The van der Waals surface area contributed by atoms with Gasteiger partial charge in [0.05, 0.1) is 0 Å². The zero-order valence-corrected chi connectivity index (χ0v) is 10.2. The number of benzene rings is 1. The highest BCUT2D eigenvalue weighted by Gasteiger charge is 2.12. The minimum atomic E-state index is -0.304. The van der Waals surface area contributed by atoms with E-state index in [1.807, 2.05) is 6.08 Å². The van der Waals surface area contributed by atoms with Crippen LogP contribution in [0.15, 0.2) is 30.9 Å². The quantitative estimate of drug-likeness (QED) is 0.740. The number of hydrogen-bond donors (Lipinski definition) is 1. The standard InChI is InChI=1S/C13H17ClFN/c1-3-5-13(16-8-4-2)11-7-6-10(15)9-12(11)14/h3,6-7,9,13,16H,1,4-5,8H2,2H3. The Labute approximate surface area is 101 Å². The highest BCUT2D eigenvalue weighted by molar-refractivity contribution is 6.31. The molecule has 0 fully saturated rings. The number of halogens is 2. The molecule has 1 rings (SSSR count). The van der Waals surface area contributed by atoms with Gasteiger partial charge in [-0.15, -0.1) is 6.58 Å². The first-order chi connectivity index (χ1) is 7.69. The van der Waals surface area contributed by atoms with Gasteiger partial charge >= 0.3 is 0 Å². The molecule has 3 heteroatoms. The fourth-order valence-corrected chi connectivity index (χ4v) is 1.89. The molecule has 1 unspecified atom stereocenters. The van der Waals surface area contributed by atoms with Gasteiger partial charge in [0, 0.05) is 11.1 Å². The molecule has 0 radical (unpaired) electrons. The fraction of sp³-hybridized carbons (Fsp3) is 0.385. The van der Waals surface area contributed by atoms with E-state index < -0.39 is 0 Å². The lowest BCUT2D eigenvalue weighted by atomic mass is 10.0. The van der Waals surface area contributed by atoms with E-state index in [9.17, 15) is 4.39 Å². The van der Waals surface area contributed by atoms with E-state index in [-0.39, 0.29) is 11.9 Å². The minimum Gasteiger partial charge on any atom is -0.310 e. The van der Waals surface area contributed by atoms with E-state index in [0.29, 0.717) is 5.02 Å². The van der Waals surface area contributed by atoms with Gasteiger partial charge < -0.3 is 5.32 Å². The first kappa shape index (κ1) is 13.2. The number of nitrogens with one attached hydrogen (secondary N) is 1. The van der Waals surface area contributed by atoms with Crippen molar-refractivity contribution >= 4 is 11.6 Å². The molecule has 0 heterocycles. The molecule has 0 amide bonds. The maximum absolute atomic E-state index is 12.9. The summed E-state index contributed by atoms with van der Waals surface area (Å²) in [5, 5.41) is 3.84. The normalized spacial score (nSPS) is 12.4. The predicted octanol–water partition coefficient (Wildman–Crippen LogP) is 4.10. The maximum atomic E-state index is 12.9. The van der Waals surface area contributed by atoms with Crippen LogP contribution in [0.25, 0.3) is 0 Å². The maximum Gasteiger partial charge on any atom is 0.124 e. The van der Waals surface area contributed by atoms with Gasteiger partial charge in [-0.25, -0.2) is 4.39 Å². The molecule has 0 aliphatic heterocycles. The smallest absolute Gasteiger partial charge is 0.124 e. The second-order valence-electron chi connectivity index (χ2n) is 3.70. The largest absolute Gasteiger partial charge is 0.310 e. The Morgan fingerprint density at radius 3 is 2.88 bits per heavy atom. The van der Waals surface area contributed by atoms with Crippen LogP contribution >= 0.6 is 11.6 Å². The van der Waals surface area contributed by atoms with Gasteiger partial charge in [0.2, 0.25) is 0 Å². The Kier molecular flexibility index (Phi) is 5.50. The van der Waals surface area contributed by atoms with Crippen molar-refractivity contribution in [2.75, 3.05) is 6.54 Å². The summed E-state index contributed by atoms with van der Waals surface area (Å²) in [6.45, 7) is 6.73. The zero-order chi connectivity index (χ0) is 12.0. The SMILES string of the molecule is C=CCC(NCCC)c1ccc(F)cc1Cl. The number of rotatable bonds is 6. The van der Waals surface area contributed by atoms with Crippen LogP contribution in [0.1, 0.15) is 31.4 Å². The molecule has 0 aromatic heterocycles. The van der Waals surface area contributed by atoms with Crippen LogP contribution in [0, 0.1) is 5.82 Å². The minimum absolute atomic E-state index is 0.116. The van der Waals surface area contributed by atoms with Crippen molar-refractivity contribution in [1.82, 2.24) is 5.32 Å². The van der Waals surface area contributed by atoms with E-state index in [1.165, 1.54) is 12.1 Å². The third-order valence-corrected chi connectivity index (χ3v) is 2.71. The number of hydrogen-bond acceptors (Lipinski definition) is 1. The average Bonchev–Trinajstić information content (AvgIpc) is 2.25. The van der Waals surface area contributed by atoms with Crippen LogP contribution in [0.4, 0.5) is 4.39 Å². The van der Waals surface area contributed by atoms with E-state index in [4.69, 9.17) is 11.6 Å². The van der Waals surface area contributed by atoms with Gasteiger partial charge in [0.1, 0.15) is 5.82 Å². The fourth-order valence-electron chi connectivity index (χ4n) is 1.59. The zero-order valence-electron chi connectivity index (χ0n) is 9.47. The summed E-state index contributed by atoms with van der Waals surface area (Å²) in [4.78, 5) is 0. The Morgan fingerprint density at radius 1 is 1.56 bits per heavy atom. The monoisotopic (exact) mass is 241 g/mol. The van der Waals surface area contributed by atoms with Crippen LogP contribution in [0.3, 0.4) is 0 Å². The summed E-state index contributed by atoms with van der Waals surface area (Å²) in [6, 6.07) is 4.63.